The largest absolute Gasteiger partial charge is 0.484 e. The SMILES string of the molecule is CC1CCCC(C)N1C(=O)COc1ccc(C(=O)N2CCC(CNC(=O)OC(C)(C)C)CC2)cc1. The molecule has 2 aliphatic rings. The van der Waals surface area contributed by atoms with Crippen LogP contribution in [0, 0.1) is 5.92 Å². The van der Waals surface area contributed by atoms with Crippen LogP contribution in [0.2, 0.25) is 0 Å². The Morgan fingerprint density at radius 2 is 1.57 bits per heavy atom. The highest BCUT2D eigenvalue weighted by Crippen LogP contribution is 2.23. The van der Waals surface area contributed by atoms with Gasteiger partial charge in [-0.2, -0.15) is 0 Å². The number of nitrogens with zero attached hydrogens (tertiary/aromatic N) is 2. The molecule has 2 unspecified atom stereocenters. The van der Waals surface area contributed by atoms with Gasteiger partial charge in [-0.05, 0) is 96.9 Å². The molecule has 2 atom stereocenters. The number of likely N-dealkylation sites (tertiary alicyclic amines) is 2. The molecule has 1 N–H and O–H groups in total. The average molecular weight is 488 g/mol. The fraction of sp³-hybridized carbons (Fsp3) is 0.667. The Hall–Kier alpha value is -2.77. The molecule has 1 aromatic rings. The van der Waals surface area contributed by atoms with E-state index in [1.807, 2.05) is 30.6 Å². The van der Waals surface area contributed by atoms with E-state index in [4.69, 9.17) is 9.47 Å². The molecule has 2 heterocycles. The van der Waals surface area contributed by atoms with Crippen molar-refractivity contribution >= 4 is 17.9 Å². The molecular formula is C27H41N3O5. The Kier molecular flexibility index (Phi) is 9.03. The summed E-state index contributed by atoms with van der Waals surface area (Å²) in [7, 11) is 0. The lowest BCUT2D eigenvalue weighted by Crippen LogP contribution is -2.49. The monoisotopic (exact) mass is 487 g/mol. The maximum absolute atomic E-state index is 12.9. The zero-order valence-electron chi connectivity index (χ0n) is 21.8. The first kappa shape index (κ1) is 26.8. The van der Waals surface area contributed by atoms with Gasteiger partial charge in [0.15, 0.2) is 6.61 Å². The second kappa shape index (κ2) is 11.8. The van der Waals surface area contributed by atoms with Crippen LogP contribution in [0.5, 0.6) is 5.75 Å². The summed E-state index contributed by atoms with van der Waals surface area (Å²) in [6, 6.07) is 7.50. The van der Waals surface area contributed by atoms with E-state index in [0.717, 1.165) is 32.1 Å². The van der Waals surface area contributed by atoms with Crippen molar-refractivity contribution in [1.29, 1.82) is 0 Å². The first-order valence-corrected chi connectivity index (χ1v) is 12.8. The highest BCUT2D eigenvalue weighted by Gasteiger charge is 2.29. The number of rotatable bonds is 6. The Morgan fingerprint density at radius 3 is 2.14 bits per heavy atom. The molecule has 0 aliphatic carbocycles. The average Bonchev–Trinajstić information content (AvgIpc) is 2.80. The van der Waals surface area contributed by atoms with Crippen molar-refractivity contribution in [2.24, 2.45) is 5.92 Å². The van der Waals surface area contributed by atoms with Gasteiger partial charge in [0.25, 0.3) is 11.8 Å². The molecule has 0 spiro atoms. The Balaban J connectivity index is 1.42. The van der Waals surface area contributed by atoms with Crippen molar-refractivity contribution in [3.05, 3.63) is 29.8 Å². The zero-order chi connectivity index (χ0) is 25.6. The van der Waals surface area contributed by atoms with Crippen LogP contribution in [0.4, 0.5) is 4.79 Å². The van der Waals surface area contributed by atoms with E-state index in [1.165, 1.54) is 0 Å². The zero-order valence-corrected chi connectivity index (χ0v) is 21.8. The number of ether oxygens (including phenoxy) is 2. The topological polar surface area (TPSA) is 88.2 Å². The summed E-state index contributed by atoms with van der Waals surface area (Å²) < 4.78 is 11.0. The summed E-state index contributed by atoms with van der Waals surface area (Å²) in [5.41, 5.74) is 0.0905. The number of hydrogen-bond acceptors (Lipinski definition) is 5. The summed E-state index contributed by atoms with van der Waals surface area (Å²) in [6.45, 7) is 11.6. The number of carbonyl (C=O) groups excluding carboxylic acids is 3. The van der Waals surface area contributed by atoms with Gasteiger partial charge in [0.2, 0.25) is 0 Å². The number of nitrogens with one attached hydrogen (secondary N) is 1. The van der Waals surface area contributed by atoms with Crippen LogP contribution in [0.1, 0.15) is 77.1 Å². The van der Waals surface area contributed by atoms with E-state index in [0.29, 0.717) is 36.9 Å². The van der Waals surface area contributed by atoms with E-state index in [9.17, 15) is 14.4 Å². The second-order valence-corrected chi connectivity index (χ2v) is 10.9. The van der Waals surface area contributed by atoms with E-state index >= 15 is 0 Å². The highest BCUT2D eigenvalue weighted by molar-refractivity contribution is 5.94. The van der Waals surface area contributed by atoms with Crippen LogP contribution in [-0.2, 0) is 9.53 Å². The number of hydrogen-bond donors (Lipinski definition) is 1. The Labute approximate surface area is 209 Å². The lowest BCUT2D eigenvalue weighted by atomic mass is 9.96. The van der Waals surface area contributed by atoms with Crippen molar-refractivity contribution in [3.8, 4) is 5.75 Å². The normalized spacial score (nSPS) is 21.4. The minimum absolute atomic E-state index is 0.00676. The lowest BCUT2D eigenvalue weighted by Gasteiger charge is -2.38. The van der Waals surface area contributed by atoms with Gasteiger partial charge in [0, 0.05) is 37.3 Å². The molecule has 194 valence electrons. The molecule has 8 heteroatoms. The molecule has 3 rings (SSSR count). The van der Waals surface area contributed by atoms with Gasteiger partial charge in [0.05, 0.1) is 0 Å². The van der Waals surface area contributed by atoms with Crippen LogP contribution in [0.25, 0.3) is 0 Å². The molecule has 0 saturated carbocycles. The summed E-state index contributed by atoms with van der Waals surface area (Å²) in [6.07, 6.45) is 4.48. The van der Waals surface area contributed by atoms with Gasteiger partial charge in [-0.1, -0.05) is 0 Å². The van der Waals surface area contributed by atoms with Crippen LogP contribution < -0.4 is 10.1 Å². The first-order chi connectivity index (χ1) is 16.5. The smallest absolute Gasteiger partial charge is 0.407 e. The predicted octanol–water partition coefficient (Wildman–Crippen LogP) is 4.23. The number of alkyl carbamates (subject to hydrolysis) is 1. The van der Waals surface area contributed by atoms with Crippen molar-refractivity contribution in [2.45, 2.75) is 84.4 Å². The van der Waals surface area contributed by atoms with Gasteiger partial charge in [-0.3, -0.25) is 9.59 Å². The van der Waals surface area contributed by atoms with Crippen LogP contribution in [-0.4, -0.2) is 71.6 Å². The third-order valence-electron chi connectivity index (χ3n) is 6.78. The number of carbonyl (C=O) groups is 3. The maximum atomic E-state index is 12.9. The van der Waals surface area contributed by atoms with E-state index in [2.05, 4.69) is 19.2 Å². The Bertz CT molecular complexity index is 862. The van der Waals surface area contributed by atoms with Gasteiger partial charge in [0.1, 0.15) is 11.4 Å². The summed E-state index contributed by atoms with van der Waals surface area (Å²) in [5, 5.41) is 2.83. The Morgan fingerprint density at radius 1 is 0.971 bits per heavy atom. The van der Waals surface area contributed by atoms with E-state index in [-0.39, 0.29) is 30.5 Å². The highest BCUT2D eigenvalue weighted by atomic mass is 16.6. The summed E-state index contributed by atoms with van der Waals surface area (Å²) >= 11 is 0. The number of benzene rings is 1. The van der Waals surface area contributed by atoms with Crippen molar-refractivity contribution < 1.29 is 23.9 Å². The molecule has 1 aromatic carbocycles. The maximum Gasteiger partial charge on any atom is 0.407 e. The van der Waals surface area contributed by atoms with Gasteiger partial charge in [-0.25, -0.2) is 4.79 Å². The minimum Gasteiger partial charge on any atom is -0.484 e. The molecule has 2 saturated heterocycles. The van der Waals surface area contributed by atoms with Crippen molar-refractivity contribution in [1.82, 2.24) is 15.1 Å². The first-order valence-electron chi connectivity index (χ1n) is 12.8. The molecule has 35 heavy (non-hydrogen) atoms. The molecular weight excluding hydrogens is 446 g/mol. The third kappa shape index (κ3) is 7.87. The lowest BCUT2D eigenvalue weighted by molar-refractivity contribution is -0.139. The summed E-state index contributed by atoms with van der Waals surface area (Å²) in [4.78, 5) is 41.2. The van der Waals surface area contributed by atoms with Crippen molar-refractivity contribution in [2.75, 3.05) is 26.2 Å². The molecule has 2 aliphatic heterocycles. The fourth-order valence-electron chi connectivity index (χ4n) is 4.89. The van der Waals surface area contributed by atoms with Crippen LogP contribution in [0.15, 0.2) is 24.3 Å². The third-order valence-corrected chi connectivity index (χ3v) is 6.78. The molecule has 2 fully saturated rings. The van der Waals surface area contributed by atoms with E-state index in [1.54, 1.807) is 24.3 Å². The molecule has 8 nitrogen and oxygen atoms in total. The van der Waals surface area contributed by atoms with Gasteiger partial charge >= 0.3 is 6.09 Å². The van der Waals surface area contributed by atoms with Gasteiger partial charge < -0.3 is 24.6 Å². The predicted molar refractivity (Wildman–Crippen MR) is 134 cm³/mol. The molecule has 0 aromatic heterocycles. The van der Waals surface area contributed by atoms with Crippen LogP contribution >= 0.6 is 0 Å². The minimum atomic E-state index is -0.513. The second-order valence-electron chi connectivity index (χ2n) is 10.9. The fourth-order valence-corrected chi connectivity index (χ4v) is 4.89. The summed E-state index contributed by atoms with van der Waals surface area (Å²) in [5.74, 6) is 0.903. The molecule has 0 radical (unpaired) electrons. The molecule has 0 bridgehead atoms. The van der Waals surface area contributed by atoms with Crippen LogP contribution in [0.3, 0.4) is 0 Å². The number of amides is 3. The standard InChI is InChI=1S/C27H41N3O5/c1-19-7-6-8-20(2)30(19)24(31)18-34-23-11-9-22(10-12-23)25(32)29-15-13-21(14-16-29)17-28-26(33)35-27(3,4)5/h9-12,19-21H,6-8,13-18H2,1-5H3,(H,28,33). The quantitative estimate of drug-likeness (QED) is 0.649. The van der Waals surface area contributed by atoms with Gasteiger partial charge in [-0.15, -0.1) is 0 Å². The van der Waals surface area contributed by atoms with E-state index < -0.39 is 11.7 Å². The molecule has 3 amide bonds. The van der Waals surface area contributed by atoms with Crippen molar-refractivity contribution in [3.63, 3.8) is 0 Å². The number of piperidine rings is 2.